The van der Waals surface area contributed by atoms with Gasteiger partial charge in [-0.15, -0.1) is 0 Å². The van der Waals surface area contributed by atoms with E-state index in [1.54, 1.807) is 0 Å². The minimum atomic E-state index is 0.695. The van der Waals surface area contributed by atoms with Crippen LogP contribution in [-0.4, -0.2) is 29.0 Å². The van der Waals surface area contributed by atoms with Gasteiger partial charge in [0.05, 0.1) is 13.1 Å². The van der Waals surface area contributed by atoms with E-state index in [4.69, 9.17) is 4.99 Å². The van der Waals surface area contributed by atoms with Gasteiger partial charge in [0.2, 0.25) is 0 Å². The van der Waals surface area contributed by atoms with Gasteiger partial charge in [-0.2, -0.15) is 0 Å². The number of hydrogen-bond acceptors (Lipinski definition) is 1. The summed E-state index contributed by atoms with van der Waals surface area (Å²) >= 11 is 0. The molecule has 0 bridgehead atoms. The Morgan fingerprint density at radius 1 is 1.23 bits per heavy atom. The number of benzene rings is 1. The highest BCUT2D eigenvalue weighted by Gasteiger charge is 2.08. The molecule has 0 aliphatic rings. The Kier molecular flexibility index (Phi) is 5.64. The second-order valence-corrected chi connectivity index (χ2v) is 5.62. The zero-order valence-electron chi connectivity index (χ0n) is 14.0. The summed E-state index contributed by atoms with van der Waals surface area (Å²) in [4.78, 5) is 6.91. The van der Waals surface area contributed by atoms with Gasteiger partial charge in [-0.1, -0.05) is 29.8 Å². The SMILES string of the molecule is CCNC(=NCc1ccc(C)cc1)N(C)Cc1cccn1C. The number of aromatic nitrogens is 1. The van der Waals surface area contributed by atoms with Crippen molar-refractivity contribution >= 4 is 5.96 Å². The lowest BCUT2D eigenvalue weighted by molar-refractivity contribution is 0.462. The molecule has 2 aromatic rings. The maximum Gasteiger partial charge on any atom is 0.194 e. The van der Waals surface area contributed by atoms with Gasteiger partial charge >= 0.3 is 0 Å². The summed E-state index contributed by atoms with van der Waals surface area (Å²) in [7, 11) is 4.14. The quantitative estimate of drug-likeness (QED) is 0.680. The minimum Gasteiger partial charge on any atom is -0.357 e. The molecule has 0 radical (unpaired) electrons. The van der Waals surface area contributed by atoms with Crippen LogP contribution in [0.4, 0.5) is 0 Å². The Morgan fingerprint density at radius 2 is 1.95 bits per heavy atom. The number of rotatable bonds is 5. The highest BCUT2D eigenvalue weighted by Crippen LogP contribution is 2.07. The van der Waals surface area contributed by atoms with E-state index in [-0.39, 0.29) is 0 Å². The first-order valence-corrected chi connectivity index (χ1v) is 7.75. The van der Waals surface area contributed by atoms with Gasteiger partial charge in [-0.05, 0) is 31.5 Å². The van der Waals surface area contributed by atoms with Gasteiger partial charge in [0.1, 0.15) is 0 Å². The lowest BCUT2D eigenvalue weighted by Gasteiger charge is -2.22. The Bertz CT molecular complexity index is 610. The molecule has 0 saturated heterocycles. The number of aliphatic imine (C=N–C) groups is 1. The van der Waals surface area contributed by atoms with Crippen molar-refractivity contribution in [2.24, 2.45) is 12.0 Å². The van der Waals surface area contributed by atoms with E-state index in [9.17, 15) is 0 Å². The van der Waals surface area contributed by atoms with E-state index in [0.717, 1.165) is 19.0 Å². The molecule has 0 amide bonds. The fourth-order valence-corrected chi connectivity index (χ4v) is 2.31. The molecular formula is C18H26N4. The van der Waals surface area contributed by atoms with E-state index in [0.29, 0.717) is 6.54 Å². The summed E-state index contributed by atoms with van der Waals surface area (Å²) in [6.45, 7) is 6.59. The van der Waals surface area contributed by atoms with Crippen molar-refractivity contribution in [1.82, 2.24) is 14.8 Å². The van der Waals surface area contributed by atoms with Crippen LogP contribution in [-0.2, 0) is 20.1 Å². The predicted molar refractivity (Wildman–Crippen MR) is 92.9 cm³/mol. The Balaban J connectivity index is 2.05. The van der Waals surface area contributed by atoms with Crippen molar-refractivity contribution in [3.05, 3.63) is 59.4 Å². The summed E-state index contributed by atoms with van der Waals surface area (Å²) in [5, 5.41) is 3.36. The average molecular weight is 298 g/mol. The van der Waals surface area contributed by atoms with Crippen LogP contribution in [0.2, 0.25) is 0 Å². The number of hydrogen-bond donors (Lipinski definition) is 1. The molecule has 0 aliphatic heterocycles. The topological polar surface area (TPSA) is 32.6 Å². The molecular weight excluding hydrogens is 272 g/mol. The lowest BCUT2D eigenvalue weighted by atomic mass is 10.1. The highest BCUT2D eigenvalue weighted by molar-refractivity contribution is 5.79. The molecule has 1 aromatic carbocycles. The van der Waals surface area contributed by atoms with E-state index in [1.807, 2.05) is 0 Å². The van der Waals surface area contributed by atoms with Crippen molar-refractivity contribution in [1.29, 1.82) is 0 Å². The number of nitrogens with one attached hydrogen (secondary N) is 1. The lowest BCUT2D eigenvalue weighted by Crippen LogP contribution is -2.38. The highest BCUT2D eigenvalue weighted by atomic mass is 15.3. The van der Waals surface area contributed by atoms with E-state index < -0.39 is 0 Å². The van der Waals surface area contributed by atoms with Crippen LogP contribution >= 0.6 is 0 Å². The molecule has 2 rings (SSSR count). The Hall–Kier alpha value is -2.23. The molecule has 0 saturated carbocycles. The smallest absolute Gasteiger partial charge is 0.194 e. The molecule has 0 atom stereocenters. The van der Waals surface area contributed by atoms with Gasteiger partial charge < -0.3 is 14.8 Å². The maximum atomic E-state index is 4.75. The minimum absolute atomic E-state index is 0.695. The van der Waals surface area contributed by atoms with Gasteiger partial charge in [0.25, 0.3) is 0 Å². The number of aryl methyl sites for hydroxylation is 2. The number of nitrogens with zero attached hydrogens (tertiary/aromatic N) is 3. The third-order valence-electron chi connectivity index (χ3n) is 3.68. The molecule has 0 unspecified atom stereocenters. The summed E-state index contributed by atoms with van der Waals surface area (Å²) < 4.78 is 2.14. The molecule has 1 N–H and O–H groups in total. The van der Waals surface area contributed by atoms with Crippen molar-refractivity contribution in [3.8, 4) is 0 Å². The standard InChI is InChI=1S/C18H26N4/c1-5-19-18(20-13-16-10-8-15(2)9-11-16)22(4)14-17-7-6-12-21(17)3/h6-12H,5,13-14H2,1-4H3,(H,19,20). The first kappa shape index (κ1) is 16.1. The normalized spacial score (nSPS) is 11.5. The third-order valence-corrected chi connectivity index (χ3v) is 3.68. The molecule has 118 valence electrons. The van der Waals surface area contributed by atoms with Crippen molar-refractivity contribution in [2.75, 3.05) is 13.6 Å². The van der Waals surface area contributed by atoms with Gasteiger partial charge in [-0.25, -0.2) is 4.99 Å². The Morgan fingerprint density at radius 3 is 2.55 bits per heavy atom. The zero-order valence-corrected chi connectivity index (χ0v) is 14.0. The number of guanidine groups is 1. The molecule has 1 aromatic heterocycles. The van der Waals surface area contributed by atoms with Gasteiger partial charge in [0.15, 0.2) is 5.96 Å². The fourth-order valence-electron chi connectivity index (χ4n) is 2.31. The Labute approximate surface area is 133 Å². The van der Waals surface area contributed by atoms with Crippen LogP contribution in [0, 0.1) is 6.92 Å². The predicted octanol–water partition coefficient (Wildman–Crippen LogP) is 2.93. The molecule has 0 spiro atoms. The largest absolute Gasteiger partial charge is 0.357 e. The molecule has 0 fully saturated rings. The molecule has 4 nitrogen and oxygen atoms in total. The van der Waals surface area contributed by atoms with Gasteiger partial charge in [0, 0.05) is 32.5 Å². The van der Waals surface area contributed by atoms with Crippen LogP contribution in [0.15, 0.2) is 47.6 Å². The second-order valence-electron chi connectivity index (χ2n) is 5.62. The van der Waals surface area contributed by atoms with Crippen molar-refractivity contribution in [2.45, 2.75) is 26.9 Å². The van der Waals surface area contributed by atoms with Gasteiger partial charge in [-0.3, -0.25) is 0 Å². The first-order valence-electron chi connectivity index (χ1n) is 7.75. The van der Waals surface area contributed by atoms with Crippen LogP contribution < -0.4 is 5.32 Å². The molecule has 0 aliphatic carbocycles. The van der Waals surface area contributed by atoms with E-state index >= 15 is 0 Å². The third kappa shape index (κ3) is 4.38. The summed E-state index contributed by atoms with van der Waals surface area (Å²) in [6, 6.07) is 12.7. The molecule has 1 heterocycles. The van der Waals surface area contributed by atoms with Crippen molar-refractivity contribution < 1.29 is 0 Å². The van der Waals surface area contributed by atoms with Crippen LogP contribution in [0.1, 0.15) is 23.7 Å². The average Bonchev–Trinajstić information content (AvgIpc) is 2.90. The van der Waals surface area contributed by atoms with Crippen LogP contribution in [0.25, 0.3) is 0 Å². The first-order chi connectivity index (χ1) is 10.6. The van der Waals surface area contributed by atoms with Crippen molar-refractivity contribution in [3.63, 3.8) is 0 Å². The monoisotopic (exact) mass is 298 g/mol. The maximum absolute atomic E-state index is 4.75. The summed E-state index contributed by atoms with van der Waals surface area (Å²) in [5.41, 5.74) is 3.78. The molecule has 4 heteroatoms. The van der Waals surface area contributed by atoms with Crippen LogP contribution in [0.3, 0.4) is 0 Å². The van der Waals surface area contributed by atoms with Crippen LogP contribution in [0.5, 0.6) is 0 Å². The van der Waals surface area contributed by atoms with E-state index in [2.05, 4.69) is 85.3 Å². The second kappa shape index (κ2) is 7.69. The summed E-state index contributed by atoms with van der Waals surface area (Å²) in [5.74, 6) is 0.935. The van der Waals surface area contributed by atoms with E-state index in [1.165, 1.54) is 16.8 Å². The molecule has 22 heavy (non-hydrogen) atoms. The zero-order chi connectivity index (χ0) is 15.9. The fraction of sp³-hybridized carbons (Fsp3) is 0.389. The summed E-state index contributed by atoms with van der Waals surface area (Å²) in [6.07, 6.45) is 2.07.